The maximum atomic E-state index is 13.3. The van der Waals surface area contributed by atoms with Gasteiger partial charge in [-0.1, -0.05) is 36.4 Å². The third-order valence-corrected chi connectivity index (χ3v) is 3.59. The molecule has 2 N–H and O–H groups in total. The molecule has 0 saturated carbocycles. The van der Waals surface area contributed by atoms with Gasteiger partial charge in [0.05, 0.1) is 6.10 Å². The summed E-state index contributed by atoms with van der Waals surface area (Å²) in [6.45, 7) is 3.25. The monoisotopic (exact) mass is 342 g/mol. The minimum absolute atomic E-state index is 0.200. The van der Waals surface area contributed by atoms with Crippen molar-refractivity contribution in [3.8, 4) is 0 Å². The number of ether oxygens (including phenoxy) is 1. The Morgan fingerprint density at radius 1 is 1.25 bits per heavy atom. The zero-order valence-corrected chi connectivity index (χ0v) is 13.0. The smallest absolute Gasteiger partial charge is 0.422 e. The number of rotatable bonds is 4. The normalized spacial score (nSPS) is 24.4. The first-order valence-corrected chi connectivity index (χ1v) is 7.25. The fraction of sp³-hybridized carbons (Fsp3) is 0.353. The molecule has 0 heterocycles. The summed E-state index contributed by atoms with van der Waals surface area (Å²) < 4.78 is 45.4. The van der Waals surface area contributed by atoms with Gasteiger partial charge in [-0.2, -0.15) is 13.2 Å². The number of carboxylic acid groups (broad SMARTS) is 1. The van der Waals surface area contributed by atoms with Gasteiger partial charge in [-0.05, 0) is 19.4 Å². The van der Waals surface area contributed by atoms with Gasteiger partial charge in [-0.3, -0.25) is 4.79 Å². The Hall–Kier alpha value is -2.28. The lowest BCUT2D eigenvalue weighted by atomic mass is 9.78. The third kappa shape index (κ3) is 3.31. The number of hydrogen-bond acceptors (Lipinski definition) is 3. The Balaban J connectivity index is 2.64. The van der Waals surface area contributed by atoms with E-state index in [0.29, 0.717) is 11.6 Å². The number of allylic oxidation sites excluding steroid dienone is 1. The van der Waals surface area contributed by atoms with Gasteiger partial charge in [-0.15, -0.1) is 0 Å². The van der Waals surface area contributed by atoms with E-state index in [1.807, 2.05) is 0 Å². The number of carboxylic acids is 1. The molecule has 4 nitrogen and oxygen atoms in total. The molecule has 0 radical (unpaired) electrons. The molecule has 24 heavy (non-hydrogen) atoms. The fourth-order valence-corrected chi connectivity index (χ4v) is 2.47. The van der Waals surface area contributed by atoms with Gasteiger partial charge in [0.1, 0.15) is 11.7 Å². The Morgan fingerprint density at radius 3 is 2.29 bits per heavy atom. The van der Waals surface area contributed by atoms with Crippen LogP contribution in [-0.4, -0.2) is 34.1 Å². The maximum absolute atomic E-state index is 13.3. The topological polar surface area (TPSA) is 66.8 Å². The van der Waals surface area contributed by atoms with E-state index >= 15 is 0 Å². The Kier molecular flexibility index (Phi) is 4.75. The van der Waals surface area contributed by atoms with Crippen LogP contribution in [0.4, 0.5) is 13.2 Å². The van der Waals surface area contributed by atoms with Gasteiger partial charge >= 0.3 is 12.1 Å². The summed E-state index contributed by atoms with van der Waals surface area (Å²) in [5, 5.41) is 19.3. The van der Waals surface area contributed by atoms with Crippen molar-refractivity contribution < 1.29 is 32.9 Å². The van der Waals surface area contributed by atoms with Crippen molar-refractivity contribution in [3.05, 3.63) is 53.8 Å². The summed E-state index contributed by atoms with van der Waals surface area (Å²) >= 11 is 0. The lowest BCUT2D eigenvalue weighted by molar-refractivity contribution is -0.254. The highest BCUT2D eigenvalue weighted by Gasteiger charge is 2.61. The molecule has 0 bridgehead atoms. The molecule has 0 aliphatic heterocycles. The molecule has 0 amide bonds. The van der Waals surface area contributed by atoms with Crippen LogP contribution in [0.3, 0.4) is 0 Å². The number of aliphatic carboxylic acids is 1. The van der Waals surface area contributed by atoms with Crippen LogP contribution in [-0.2, 0) is 9.53 Å². The van der Waals surface area contributed by atoms with Gasteiger partial charge in [0.25, 0.3) is 0 Å². The molecule has 0 spiro atoms. The molecule has 1 aromatic rings. The molecule has 1 aliphatic carbocycles. The zero-order valence-electron chi connectivity index (χ0n) is 13.0. The summed E-state index contributed by atoms with van der Waals surface area (Å²) in [6.07, 6.45) is -4.28. The third-order valence-electron chi connectivity index (χ3n) is 3.59. The molecule has 2 unspecified atom stereocenters. The predicted octanol–water partition coefficient (Wildman–Crippen LogP) is 3.39. The average molecular weight is 342 g/mol. The van der Waals surface area contributed by atoms with Crippen LogP contribution < -0.4 is 0 Å². The van der Waals surface area contributed by atoms with Crippen molar-refractivity contribution >= 4 is 11.5 Å². The molecule has 0 aromatic heterocycles. The second kappa shape index (κ2) is 6.32. The van der Waals surface area contributed by atoms with Gasteiger partial charge in [0, 0.05) is 11.6 Å². The predicted molar refractivity (Wildman–Crippen MR) is 80.9 cm³/mol. The number of alkyl halides is 3. The number of aliphatic hydroxyl groups is 1. The highest BCUT2D eigenvalue weighted by atomic mass is 19.4. The second-order valence-corrected chi connectivity index (χ2v) is 5.76. The first kappa shape index (κ1) is 18.1. The van der Waals surface area contributed by atoms with Gasteiger partial charge in [0.15, 0.2) is 5.60 Å². The molecule has 7 heteroatoms. The quantitative estimate of drug-likeness (QED) is 0.880. The zero-order chi connectivity index (χ0) is 18.1. The number of benzene rings is 1. The van der Waals surface area contributed by atoms with Crippen LogP contribution in [0.25, 0.3) is 5.57 Å². The van der Waals surface area contributed by atoms with Gasteiger partial charge in [0.2, 0.25) is 0 Å². The molecule has 0 fully saturated rings. The summed E-state index contributed by atoms with van der Waals surface area (Å²) in [4.78, 5) is 11.3. The van der Waals surface area contributed by atoms with Crippen molar-refractivity contribution in [3.63, 3.8) is 0 Å². The average Bonchev–Trinajstić information content (AvgIpc) is 2.46. The molecular weight excluding hydrogens is 325 g/mol. The number of halogens is 3. The van der Waals surface area contributed by atoms with E-state index in [1.54, 1.807) is 44.2 Å². The highest BCUT2D eigenvalue weighted by molar-refractivity contribution is 5.86. The largest absolute Gasteiger partial charge is 0.491 e. The van der Waals surface area contributed by atoms with Gasteiger partial charge in [-0.25, -0.2) is 0 Å². The van der Waals surface area contributed by atoms with E-state index in [2.05, 4.69) is 0 Å². The van der Waals surface area contributed by atoms with Crippen LogP contribution >= 0.6 is 0 Å². The molecule has 1 aliphatic rings. The lowest BCUT2D eigenvalue weighted by Gasteiger charge is -2.36. The Bertz CT molecular complexity index is 677. The first-order chi connectivity index (χ1) is 11.1. The van der Waals surface area contributed by atoms with Crippen molar-refractivity contribution in [1.29, 1.82) is 0 Å². The van der Waals surface area contributed by atoms with Crippen molar-refractivity contribution in [2.45, 2.75) is 31.7 Å². The molecule has 2 atom stereocenters. The molecule has 2 rings (SSSR count). The summed E-state index contributed by atoms with van der Waals surface area (Å²) in [6, 6.07) is 8.31. The molecule has 1 aromatic carbocycles. The Labute approximate surface area is 136 Å². The van der Waals surface area contributed by atoms with E-state index in [4.69, 9.17) is 4.74 Å². The van der Waals surface area contributed by atoms with Crippen LogP contribution in [0.15, 0.2) is 48.2 Å². The lowest BCUT2D eigenvalue weighted by Crippen LogP contribution is -2.53. The fourth-order valence-electron chi connectivity index (χ4n) is 2.47. The van der Waals surface area contributed by atoms with Crippen molar-refractivity contribution in [2.24, 2.45) is 5.92 Å². The number of hydrogen-bond donors (Lipinski definition) is 2. The minimum Gasteiger partial charge on any atom is -0.491 e. The van der Waals surface area contributed by atoms with E-state index in [1.165, 1.54) is 0 Å². The standard InChI is InChI=1S/C17H17F3O4/c1-10(2)24-14-9-16(23,17(18,19)20)13(15(21)22)8-12(14)11-6-4-3-5-7-11/h3-10,13,23H,1-2H3,(H,21,22). The van der Waals surface area contributed by atoms with Crippen molar-refractivity contribution in [1.82, 2.24) is 0 Å². The molecule has 130 valence electrons. The molecular formula is C17H17F3O4. The van der Waals surface area contributed by atoms with Crippen LogP contribution in [0, 0.1) is 5.92 Å². The van der Waals surface area contributed by atoms with E-state index in [0.717, 1.165) is 6.08 Å². The summed E-state index contributed by atoms with van der Waals surface area (Å²) in [5.74, 6) is -4.15. The minimum atomic E-state index is -5.17. The van der Waals surface area contributed by atoms with E-state index < -0.39 is 29.8 Å². The van der Waals surface area contributed by atoms with E-state index in [-0.39, 0.29) is 11.3 Å². The van der Waals surface area contributed by atoms with Crippen molar-refractivity contribution in [2.75, 3.05) is 0 Å². The van der Waals surface area contributed by atoms with Crippen LogP contribution in [0.5, 0.6) is 0 Å². The van der Waals surface area contributed by atoms with Crippen LogP contribution in [0.1, 0.15) is 19.4 Å². The second-order valence-electron chi connectivity index (χ2n) is 5.76. The SMILES string of the molecule is CC(C)OC1=CC(O)(C(F)(F)F)C(C(=O)O)C=C1c1ccccc1. The first-order valence-electron chi connectivity index (χ1n) is 7.25. The number of carbonyl (C=O) groups is 1. The van der Waals surface area contributed by atoms with Crippen LogP contribution in [0.2, 0.25) is 0 Å². The maximum Gasteiger partial charge on any atom is 0.422 e. The molecule has 0 saturated heterocycles. The Morgan fingerprint density at radius 2 is 1.83 bits per heavy atom. The highest BCUT2D eigenvalue weighted by Crippen LogP contribution is 2.45. The van der Waals surface area contributed by atoms with Gasteiger partial charge < -0.3 is 14.9 Å². The summed E-state index contributed by atoms with van der Waals surface area (Å²) in [5.41, 5.74) is -2.84. The van der Waals surface area contributed by atoms with E-state index in [9.17, 15) is 28.2 Å². The summed E-state index contributed by atoms with van der Waals surface area (Å²) in [7, 11) is 0.